The second-order valence-electron chi connectivity index (χ2n) is 3.61. The molecule has 0 amide bonds. The summed E-state index contributed by atoms with van der Waals surface area (Å²) in [7, 11) is 1.30. The van der Waals surface area contributed by atoms with Crippen LogP contribution in [0, 0.1) is 10.1 Å². The van der Waals surface area contributed by atoms with Gasteiger partial charge in [0.25, 0.3) is 0 Å². The number of ether oxygens (including phenoxy) is 2. The van der Waals surface area contributed by atoms with Gasteiger partial charge in [0.05, 0.1) is 12.0 Å². The van der Waals surface area contributed by atoms with Crippen LogP contribution in [0.25, 0.3) is 0 Å². The van der Waals surface area contributed by atoms with Gasteiger partial charge in [0.15, 0.2) is 5.75 Å². The van der Waals surface area contributed by atoms with E-state index in [0.717, 1.165) is 0 Å². The minimum absolute atomic E-state index is 0.0725. The third-order valence-electron chi connectivity index (χ3n) is 2.46. The first kappa shape index (κ1) is 14.7. The van der Waals surface area contributed by atoms with E-state index in [1.54, 1.807) is 18.2 Å². The van der Waals surface area contributed by atoms with Gasteiger partial charge in [-0.1, -0.05) is 19.1 Å². The molecule has 0 N–H and O–H groups in total. The molecule has 6 nitrogen and oxygen atoms in total. The van der Waals surface area contributed by atoms with Crippen LogP contribution in [0.2, 0.25) is 0 Å². The van der Waals surface area contributed by atoms with Gasteiger partial charge in [-0.05, 0) is 18.6 Å². The molecule has 0 bridgehead atoms. The Hall–Kier alpha value is -2.37. The molecule has 0 aliphatic rings. The SMILES string of the molecule is CCC(=CCOc1ccccc1[N+](=O)[O-])C(=O)OC. The minimum atomic E-state index is -0.514. The van der Waals surface area contributed by atoms with Crippen molar-refractivity contribution in [1.29, 1.82) is 0 Å². The smallest absolute Gasteiger partial charge is 0.333 e. The Balaban J connectivity index is 2.74. The molecule has 0 unspecified atom stereocenters. The van der Waals surface area contributed by atoms with Crippen LogP contribution in [0.3, 0.4) is 0 Å². The van der Waals surface area contributed by atoms with E-state index >= 15 is 0 Å². The summed E-state index contributed by atoms with van der Waals surface area (Å²) in [5.41, 5.74) is 0.369. The highest BCUT2D eigenvalue weighted by molar-refractivity contribution is 5.88. The molecule has 0 aromatic heterocycles. The summed E-state index contributed by atoms with van der Waals surface area (Å²) in [6, 6.07) is 6.08. The average Bonchev–Trinajstić information content (AvgIpc) is 2.43. The Morgan fingerprint density at radius 3 is 2.68 bits per heavy atom. The van der Waals surface area contributed by atoms with Crippen LogP contribution < -0.4 is 4.74 Å². The van der Waals surface area contributed by atoms with Crippen molar-refractivity contribution in [3.8, 4) is 5.75 Å². The molecule has 0 atom stereocenters. The minimum Gasteiger partial charge on any atom is -0.483 e. The number of para-hydroxylation sites is 2. The van der Waals surface area contributed by atoms with Gasteiger partial charge in [-0.15, -0.1) is 0 Å². The molecule has 0 spiro atoms. The Bertz CT molecular complexity index is 496. The molecule has 0 fully saturated rings. The highest BCUT2D eigenvalue weighted by Crippen LogP contribution is 2.25. The molecule has 0 aliphatic heterocycles. The van der Waals surface area contributed by atoms with Gasteiger partial charge in [-0.2, -0.15) is 0 Å². The Kier molecular flexibility index (Phi) is 5.53. The number of nitro groups is 1. The van der Waals surface area contributed by atoms with Gasteiger partial charge in [0.2, 0.25) is 0 Å². The van der Waals surface area contributed by atoms with Crippen molar-refractivity contribution >= 4 is 11.7 Å². The summed E-state index contributed by atoms with van der Waals surface area (Å²) in [5.74, 6) is -0.252. The van der Waals surface area contributed by atoms with Crippen LogP contribution in [-0.2, 0) is 9.53 Å². The lowest BCUT2D eigenvalue weighted by molar-refractivity contribution is -0.385. The van der Waals surface area contributed by atoms with E-state index in [1.165, 1.54) is 19.2 Å². The number of benzene rings is 1. The molecular formula is C13H15NO5. The van der Waals surface area contributed by atoms with E-state index in [-0.39, 0.29) is 18.0 Å². The van der Waals surface area contributed by atoms with Crippen molar-refractivity contribution in [2.24, 2.45) is 0 Å². The summed E-state index contributed by atoms with van der Waals surface area (Å²) >= 11 is 0. The van der Waals surface area contributed by atoms with Gasteiger partial charge in [0, 0.05) is 11.6 Å². The van der Waals surface area contributed by atoms with E-state index < -0.39 is 10.9 Å². The molecule has 1 aromatic rings. The molecule has 1 rings (SSSR count). The summed E-state index contributed by atoms with van der Waals surface area (Å²) < 4.78 is 9.90. The van der Waals surface area contributed by atoms with Crippen molar-refractivity contribution in [1.82, 2.24) is 0 Å². The summed E-state index contributed by atoms with van der Waals surface area (Å²) in [4.78, 5) is 21.6. The molecule has 0 saturated carbocycles. The highest BCUT2D eigenvalue weighted by Gasteiger charge is 2.13. The molecule has 0 radical (unpaired) electrons. The van der Waals surface area contributed by atoms with Crippen molar-refractivity contribution in [3.05, 3.63) is 46.0 Å². The monoisotopic (exact) mass is 265 g/mol. The van der Waals surface area contributed by atoms with Gasteiger partial charge >= 0.3 is 11.7 Å². The number of carbonyl (C=O) groups is 1. The van der Waals surface area contributed by atoms with Crippen LogP contribution >= 0.6 is 0 Å². The molecule has 102 valence electrons. The van der Waals surface area contributed by atoms with Crippen LogP contribution in [-0.4, -0.2) is 24.6 Å². The number of nitrogens with zero attached hydrogens (tertiary/aromatic N) is 1. The predicted molar refractivity (Wildman–Crippen MR) is 69.0 cm³/mol. The van der Waals surface area contributed by atoms with Gasteiger partial charge < -0.3 is 9.47 Å². The molecule has 0 saturated heterocycles. The van der Waals surface area contributed by atoms with Crippen molar-refractivity contribution in [2.75, 3.05) is 13.7 Å². The van der Waals surface area contributed by atoms with Crippen LogP contribution in [0.5, 0.6) is 5.75 Å². The maximum absolute atomic E-state index is 11.3. The molecule has 19 heavy (non-hydrogen) atoms. The molecule has 1 aromatic carbocycles. The lowest BCUT2D eigenvalue weighted by Crippen LogP contribution is -2.06. The van der Waals surface area contributed by atoms with E-state index in [0.29, 0.717) is 12.0 Å². The number of rotatable bonds is 6. The quantitative estimate of drug-likeness (QED) is 0.341. The number of nitro benzene ring substituents is 1. The van der Waals surface area contributed by atoms with Gasteiger partial charge in [0.1, 0.15) is 6.61 Å². The number of carbonyl (C=O) groups excluding carboxylic acids is 1. The Labute approximate surface area is 110 Å². The number of methoxy groups -OCH3 is 1. The largest absolute Gasteiger partial charge is 0.483 e. The molecule has 0 aliphatic carbocycles. The average molecular weight is 265 g/mol. The van der Waals surface area contributed by atoms with Crippen LogP contribution in [0.4, 0.5) is 5.69 Å². The van der Waals surface area contributed by atoms with E-state index in [1.807, 2.05) is 6.92 Å². The maximum Gasteiger partial charge on any atom is 0.333 e. The lowest BCUT2D eigenvalue weighted by atomic mass is 10.2. The first-order valence-corrected chi connectivity index (χ1v) is 5.73. The first-order valence-electron chi connectivity index (χ1n) is 5.73. The van der Waals surface area contributed by atoms with Crippen molar-refractivity contribution in [3.63, 3.8) is 0 Å². The second kappa shape index (κ2) is 7.15. The fraction of sp³-hybridized carbons (Fsp3) is 0.308. The summed E-state index contributed by atoms with van der Waals surface area (Å²) in [6.45, 7) is 1.89. The van der Waals surface area contributed by atoms with Gasteiger partial charge in [-0.3, -0.25) is 10.1 Å². The number of hydrogen-bond donors (Lipinski definition) is 0. The standard InChI is InChI=1S/C13H15NO5/c1-3-10(13(15)18-2)8-9-19-12-7-5-4-6-11(12)14(16)17/h4-8H,3,9H2,1-2H3. The van der Waals surface area contributed by atoms with Crippen LogP contribution in [0.15, 0.2) is 35.9 Å². The second-order valence-corrected chi connectivity index (χ2v) is 3.61. The maximum atomic E-state index is 11.3. The summed E-state index contributed by atoms with van der Waals surface area (Å²) in [5, 5.41) is 10.8. The summed E-state index contributed by atoms with van der Waals surface area (Å²) in [6.07, 6.45) is 2.06. The fourth-order valence-corrected chi connectivity index (χ4v) is 1.47. The fourth-order valence-electron chi connectivity index (χ4n) is 1.47. The predicted octanol–water partition coefficient (Wildman–Crippen LogP) is 2.48. The third kappa shape index (κ3) is 4.09. The molecular weight excluding hydrogens is 250 g/mol. The highest BCUT2D eigenvalue weighted by atomic mass is 16.6. The van der Waals surface area contributed by atoms with Crippen molar-refractivity contribution in [2.45, 2.75) is 13.3 Å². The lowest BCUT2D eigenvalue weighted by Gasteiger charge is -2.05. The van der Waals surface area contributed by atoms with E-state index in [9.17, 15) is 14.9 Å². The van der Waals surface area contributed by atoms with Crippen LogP contribution in [0.1, 0.15) is 13.3 Å². The Morgan fingerprint density at radius 2 is 2.11 bits per heavy atom. The zero-order valence-corrected chi connectivity index (χ0v) is 10.8. The van der Waals surface area contributed by atoms with E-state index in [4.69, 9.17) is 4.74 Å². The number of hydrogen-bond acceptors (Lipinski definition) is 5. The topological polar surface area (TPSA) is 78.7 Å². The van der Waals surface area contributed by atoms with Gasteiger partial charge in [-0.25, -0.2) is 4.79 Å². The third-order valence-corrected chi connectivity index (χ3v) is 2.46. The van der Waals surface area contributed by atoms with Crippen molar-refractivity contribution < 1.29 is 19.2 Å². The zero-order chi connectivity index (χ0) is 14.3. The normalized spacial score (nSPS) is 10.9. The Morgan fingerprint density at radius 1 is 1.42 bits per heavy atom. The number of esters is 1. The molecule has 0 heterocycles. The first-order chi connectivity index (χ1) is 9.10. The zero-order valence-electron chi connectivity index (χ0n) is 10.8. The molecule has 6 heteroatoms. The van der Waals surface area contributed by atoms with E-state index in [2.05, 4.69) is 4.74 Å².